The Hall–Kier alpha value is -2.04. The molecule has 5 heteroatoms. The van der Waals surface area contributed by atoms with E-state index >= 15 is 0 Å². The minimum absolute atomic E-state index is 0.0861. The average Bonchev–Trinajstić information content (AvgIpc) is 2.81. The van der Waals surface area contributed by atoms with Crippen molar-refractivity contribution in [2.75, 3.05) is 6.61 Å². The predicted octanol–water partition coefficient (Wildman–Crippen LogP) is 7.26. The Kier molecular flexibility index (Phi) is 13.0. The van der Waals surface area contributed by atoms with Gasteiger partial charge < -0.3 is 14.2 Å². The highest BCUT2D eigenvalue weighted by atomic mass is 16.5. The van der Waals surface area contributed by atoms with E-state index in [4.69, 9.17) is 14.2 Å². The molecule has 0 N–H and O–H groups in total. The van der Waals surface area contributed by atoms with Crippen LogP contribution < -0.4 is 9.47 Å². The molecule has 5 nitrogen and oxygen atoms in total. The van der Waals surface area contributed by atoms with Crippen LogP contribution in [0.15, 0.2) is 24.3 Å². The van der Waals surface area contributed by atoms with Crippen molar-refractivity contribution in [1.82, 2.24) is 0 Å². The molecule has 0 heterocycles. The van der Waals surface area contributed by atoms with Crippen molar-refractivity contribution in [2.24, 2.45) is 11.8 Å². The van der Waals surface area contributed by atoms with Crippen LogP contribution >= 0.6 is 0 Å². The molecule has 33 heavy (non-hydrogen) atoms. The van der Waals surface area contributed by atoms with Crippen LogP contribution in [0.3, 0.4) is 0 Å². The molecule has 1 fully saturated rings. The van der Waals surface area contributed by atoms with Gasteiger partial charge in [0.25, 0.3) is 0 Å². The fraction of sp³-hybridized carbons (Fsp3) is 0.714. The summed E-state index contributed by atoms with van der Waals surface area (Å²) < 4.78 is 16.8. The smallest absolute Gasteiger partial charge is 0.315 e. The van der Waals surface area contributed by atoms with Crippen LogP contribution in [0.5, 0.6) is 11.5 Å². The third-order valence-electron chi connectivity index (χ3n) is 6.28. The Labute approximate surface area is 200 Å². The highest BCUT2D eigenvalue weighted by molar-refractivity contribution is 5.83. The molecule has 1 saturated carbocycles. The molecule has 2 atom stereocenters. The molecule has 1 aliphatic rings. The first-order valence-electron chi connectivity index (χ1n) is 13.2. The summed E-state index contributed by atoms with van der Waals surface area (Å²) in [6, 6.07) is 7.05. The molecular weight excluding hydrogens is 416 g/mol. The van der Waals surface area contributed by atoms with Gasteiger partial charge in [-0.3, -0.25) is 9.59 Å². The number of carbonyl (C=O) groups excluding carboxylic acids is 2. The van der Waals surface area contributed by atoms with E-state index in [1.165, 1.54) is 44.9 Å². The monoisotopic (exact) mass is 460 g/mol. The lowest BCUT2D eigenvalue weighted by molar-refractivity contribution is -0.158. The van der Waals surface area contributed by atoms with E-state index in [2.05, 4.69) is 6.92 Å². The van der Waals surface area contributed by atoms with Gasteiger partial charge in [-0.2, -0.15) is 0 Å². The molecule has 0 bridgehead atoms. The van der Waals surface area contributed by atoms with Gasteiger partial charge in [0.1, 0.15) is 11.5 Å². The van der Waals surface area contributed by atoms with Crippen LogP contribution in [-0.4, -0.2) is 24.6 Å². The van der Waals surface area contributed by atoms with Crippen LogP contribution in [-0.2, 0) is 14.3 Å². The minimum Gasteiger partial charge on any atom is -0.491 e. The first kappa shape index (κ1) is 27.2. The standard InChI is InChI=1S/C28H44O5/c1-4-5-6-7-8-9-10-11-14-21-31-27(29)25-15-12-13-16-26(25)28(30)33-24-19-17-23(18-20-24)32-22(2)3/h17-20,22,25-26H,4-16,21H2,1-3H3. The maximum absolute atomic E-state index is 12.8. The maximum Gasteiger partial charge on any atom is 0.315 e. The minimum atomic E-state index is -0.430. The molecule has 0 aliphatic heterocycles. The molecule has 0 spiro atoms. The lowest BCUT2D eigenvalue weighted by Gasteiger charge is -2.28. The quantitative estimate of drug-likeness (QED) is 0.157. The van der Waals surface area contributed by atoms with E-state index in [1.54, 1.807) is 24.3 Å². The predicted molar refractivity (Wildman–Crippen MR) is 131 cm³/mol. The Morgan fingerprint density at radius 1 is 0.788 bits per heavy atom. The summed E-state index contributed by atoms with van der Waals surface area (Å²) >= 11 is 0. The number of unbranched alkanes of at least 4 members (excludes halogenated alkanes) is 8. The summed E-state index contributed by atoms with van der Waals surface area (Å²) in [4.78, 5) is 25.5. The van der Waals surface area contributed by atoms with Crippen LogP contribution in [0.4, 0.5) is 0 Å². The molecule has 1 aromatic rings. The highest BCUT2D eigenvalue weighted by Crippen LogP contribution is 2.33. The molecule has 0 aromatic heterocycles. The van der Waals surface area contributed by atoms with E-state index in [-0.39, 0.29) is 18.0 Å². The molecule has 1 aromatic carbocycles. The van der Waals surface area contributed by atoms with Gasteiger partial charge in [-0.05, 0) is 57.4 Å². The molecule has 1 aliphatic carbocycles. The normalized spacial score (nSPS) is 18.2. The van der Waals surface area contributed by atoms with Gasteiger partial charge in [0.15, 0.2) is 0 Å². The average molecular weight is 461 g/mol. The van der Waals surface area contributed by atoms with E-state index in [0.29, 0.717) is 25.2 Å². The molecule has 2 unspecified atom stereocenters. The lowest BCUT2D eigenvalue weighted by atomic mass is 9.79. The van der Waals surface area contributed by atoms with Gasteiger partial charge in [-0.25, -0.2) is 0 Å². The molecule has 0 radical (unpaired) electrons. The first-order valence-corrected chi connectivity index (χ1v) is 13.2. The highest BCUT2D eigenvalue weighted by Gasteiger charge is 2.38. The molecule has 2 rings (SSSR count). The second-order valence-corrected chi connectivity index (χ2v) is 9.55. The van der Waals surface area contributed by atoms with Gasteiger partial charge in [-0.1, -0.05) is 71.1 Å². The van der Waals surface area contributed by atoms with Gasteiger partial charge in [0, 0.05) is 0 Å². The van der Waals surface area contributed by atoms with E-state index in [0.717, 1.165) is 31.4 Å². The fourth-order valence-corrected chi connectivity index (χ4v) is 4.44. The number of hydrogen-bond donors (Lipinski definition) is 0. The number of carbonyl (C=O) groups is 2. The number of benzene rings is 1. The number of hydrogen-bond acceptors (Lipinski definition) is 5. The third-order valence-corrected chi connectivity index (χ3v) is 6.28. The zero-order chi connectivity index (χ0) is 23.9. The maximum atomic E-state index is 12.8. The summed E-state index contributed by atoms with van der Waals surface area (Å²) in [6.45, 7) is 6.61. The summed E-state index contributed by atoms with van der Waals surface area (Å²) in [5.74, 6) is -0.188. The number of rotatable bonds is 15. The number of ether oxygens (including phenoxy) is 3. The molecule has 0 amide bonds. The van der Waals surface area contributed by atoms with E-state index in [9.17, 15) is 9.59 Å². The third kappa shape index (κ3) is 10.6. The largest absolute Gasteiger partial charge is 0.491 e. The van der Waals surface area contributed by atoms with Crippen molar-refractivity contribution >= 4 is 11.9 Å². The second kappa shape index (κ2) is 15.7. The summed E-state index contributed by atoms with van der Waals surface area (Å²) in [5.41, 5.74) is 0. The molecule has 0 saturated heterocycles. The van der Waals surface area contributed by atoms with E-state index in [1.807, 2.05) is 13.8 Å². The van der Waals surface area contributed by atoms with Crippen LogP contribution in [0, 0.1) is 11.8 Å². The van der Waals surface area contributed by atoms with Crippen molar-refractivity contribution < 1.29 is 23.8 Å². The van der Waals surface area contributed by atoms with Crippen LogP contribution in [0.1, 0.15) is 104 Å². The Morgan fingerprint density at radius 3 is 1.88 bits per heavy atom. The van der Waals surface area contributed by atoms with Gasteiger partial charge in [0.05, 0.1) is 24.5 Å². The van der Waals surface area contributed by atoms with Gasteiger partial charge in [-0.15, -0.1) is 0 Å². The zero-order valence-electron chi connectivity index (χ0n) is 21.0. The second-order valence-electron chi connectivity index (χ2n) is 9.55. The summed E-state index contributed by atoms with van der Waals surface area (Å²) in [6.07, 6.45) is 14.4. The Bertz CT molecular complexity index is 682. The van der Waals surface area contributed by atoms with Crippen molar-refractivity contribution in [3.8, 4) is 11.5 Å². The van der Waals surface area contributed by atoms with Crippen LogP contribution in [0.2, 0.25) is 0 Å². The van der Waals surface area contributed by atoms with Crippen molar-refractivity contribution in [3.63, 3.8) is 0 Å². The van der Waals surface area contributed by atoms with E-state index < -0.39 is 11.8 Å². The van der Waals surface area contributed by atoms with Crippen molar-refractivity contribution in [3.05, 3.63) is 24.3 Å². The van der Waals surface area contributed by atoms with Crippen molar-refractivity contribution in [2.45, 2.75) is 110 Å². The topological polar surface area (TPSA) is 61.8 Å². The van der Waals surface area contributed by atoms with Crippen LogP contribution in [0.25, 0.3) is 0 Å². The van der Waals surface area contributed by atoms with Gasteiger partial charge in [0.2, 0.25) is 0 Å². The van der Waals surface area contributed by atoms with Crippen molar-refractivity contribution in [1.29, 1.82) is 0 Å². The Balaban J connectivity index is 1.71. The summed E-state index contributed by atoms with van der Waals surface area (Å²) in [7, 11) is 0. The zero-order valence-corrected chi connectivity index (χ0v) is 21.0. The lowest BCUT2D eigenvalue weighted by Crippen LogP contribution is -2.36. The molecular formula is C28H44O5. The first-order chi connectivity index (χ1) is 16.0. The SMILES string of the molecule is CCCCCCCCCCCOC(=O)C1CCCCC1C(=O)Oc1ccc(OC(C)C)cc1. The Morgan fingerprint density at radius 2 is 1.30 bits per heavy atom. The fourth-order valence-electron chi connectivity index (χ4n) is 4.44. The summed E-state index contributed by atoms with van der Waals surface area (Å²) in [5, 5.41) is 0. The number of esters is 2. The molecule has 186 valence electrons. The van der Waals surface area contributed by atoms with Gasteiger partial charge >= 0.3 is 11.9 Å².